The Bertz CT molecular complexity index is 375. The van der Waals surface area contributed by atoms with Crippen molar-refractivity contribution in [3.05, 3.63) is 34.6 Å². The normalized spacial score (nSPS) is 10.3. The maximum Gasteiger partial charge on any atom is 0.263 e. The number of carbonyl (C=O) groups is 2. The number of rotatable bonds is 3. The van der Waals surface area contributed by atoms with E-state index in [2.05, 4.69) is 0 Å². The summed E-state index contributed by atoms with van der Waals surface area (Å²) in [7, 11) is 0. The molecule has 0 N–H and O–H groups in total. The number of aldehydes is 2. The van der Waals surface area contributed by atoms with E-state index < -0.39 is 23.4 Å². The summed E-state index contributed by atoms with van der Waals surface area (Å²) in [6.45, 7) is 0. The summed E-state index contributed by atoms with van der Waals surface area (Å²) in [6, 6.07) is 1.34. The second-order valence-electron chi connectivity index (χ2n) is 2.54. The highest BCUT2D eigenvalue weighted by atomic mass is 19.3. The van der Waals surface area contributed by atoms with E-state index in [0.29, 0.717) is 6.07 Å². The maximum absolute atomic E-state index is 12.9. The standard InChI is InChI=1S/C9H5F3O2/c10-8-2-5(9(11)12)1-6(3-13)7(8)4-14/h1-4,9H. The lowest BCUT2D eigenvalue weighted by Crippen LogP contribution is -1.99. The molecule has 0 aromatic heterocycles. The minimum atomic E-state index is -2.87. The average Bonchev–Trinajstić information content (AvgIpc) is 2.16. The molecule has 0 saturated carbocycles. The van der Waals surface area contributed by atoms with E-state index in [0.717, 1.165) is 6.07 Å². The zero-order valence-electron chi connectivity index (χ0n) is 6.84. The van der Waals surface area contributed by atoms with Crippen LogP contribution in [0.3, 0.4) is 0 Å². The van der Waals surface area contributed by atoms with Crippen LogP contribution in [-0.2, 0) is 0 Å². The molecule has 0 atom stereocenters. The minimum absolute atomic E-state index is 0.119. The van der Waals surface area contributed by atoms with Crippen LogP contribution in [0.15, 0.2) is 12.1 Å². The monoisotopic (exact) mass is 202 g/mol. The third-order valence-electron chi connectivity index (χ3n) is 1.68. The van der Waals surface area contributed by atoms with Gasteiger partial charge < -0.3 is 0 Å². The molecule has 0 aliphatic heterocycles. The molecule has 0 aliphatic carbocycles. The fourth-order valence-electron chi connectivity index (χ4n) is 1.01. The van der Waals surface area contributed by atoms with Crippen LogP contribution in [0, 0.1) is 5.82 Å². The molecular formula is C9H5F3O2. The van der Waals surface area contributed by atoms with Crippen molar-refractivity contribution in [2.45, 2.75) is 6.43 Å². The molecule has 0 saturated heterocycles. The van der Waals surface area contributed by atoms with Gasteiger partial charge in [-0.15, -0.1) is 0 Å². The molecule has 0 unspecified atom stereocenters. The number of alkyl halides is 2. The van der Waals surface area contributed by atoms with Gasteiger partial charge in [-0.2, -0.15) is 0 Å². The Morgan fingerprint density at radius 1 is 1.14 bits per heavy atom. The van der Waals surface area contributed by atoms with E-state index in [1.165, 1.54) is 0 Å². The SMILES string of the molecule is O=Cc1cc(C(F)F)cc(F)c1C=O. The highest BCUT2D eigenvalue weighted by Crippen LogP contribution is 2.22. The van der Waals surface area contributed by atoms with Gasteiger partial charge in [0.05, 0.1) is 5.56 Å². The van der Waals surface area contributed by atoms with E-state index in [-0.39, 0.29) is 18.1 Å². The Morgan fingerprint density at radius 2 is 1.79 bits per heavy atom. The topological polar surface area (TPSA) is 34.1 Å². The molecule has 2 nitrogen and oxygen atoms in total. The zero-order chi connectivity index (χ0) is 10.7. The number of carbonyl (C=O) groups excluding carboxylic acids is 2. The van der Waals surface area contributed by atoms with Crippen LogP contribution in [0.5, 0.6) is 0 Å². The van der Waals surface area contributed by atoms with Gasteiger partial charge in [0.25, 0.3) is 6.43 Å². The number of hydrogen-bond acceptors (Lipinski definition) is 2. The lowest BCUT2D eigenvalue weighted by Gasteiger charge is -2.03. The highest BCUT2D eigenvalue weighted by molar-refractivity contribution is 5.90. The number of halogens is 3. The molecule has 5 heteroatoms. The van der Waals surface area contributed by atoms with Crippen LogP contribution < -0.4 is 0 Å². The average molecular weight is 202 g/mol. The molecule has 0 radical (unpaired) electrons. The second kappa shape index (κ2) is 4.04. The molecule has 0 heterocycles. The first-order valence-corrected chi connectivity index (χ1v) is 3.62. The largest absolute Gasteiger partial charge is 0.298 e. The Kier molecular flexibility index (Phi) is 3.01. The first kappa shape index (κ1) is 10.4. The first-order chi connectivity index (χ1) is 6.60. The Balaban J connectivity index is 3.38. The van der Waals surface area contributed by atoms with Crippen LogP contribution >= 0.6 is 0 Å². The molecule has 0 fully saturated rings. The van der Waals surface area contributed by atoms with Crippen LogP contribution in [0.25, 0.3) is 0 Å². The van der Waals surface area contributed by atoms with Gasteiger partial charge in [0.1, 0.15) is 5.82 Å². The van der Waals surface area contributed by atoms with Gasteiger partial charge in [-0.3, -0.25) is 9.59 Å². The quantitative estimate of drug-likeness (QED) is 0.705. The van der Waals surface area contributed by atoms with Gasteiger partial charge in [0.2, 0.25) is 0 Å². The fourth-order valence-corrected chi connectivity index (χ4v) is 1.01. The van der Waals surface area contributed by atoms with E-state index in [9.17, 15) is 22.8 Å². The zero-order valence-corrected chi connectivity index (χ0v) is 6.84. The van der Waals surface area contributed by atoms with Crippen molar-refractivity contribution in [1.29, 1.82) is 0 Å². The summed E-state index contributed by atoms with van der Waals surface area (Å²) in [4.78, 5) is 20.6. The van der Waals surface area contributed by atoms with Gasteiger partial charge in [-0.25, -0.2) is 13.2 Å². The summed E-state index contributed by atoms with van der Waals surface area (Å²) in [5.41, 5.74) is -1.48. The van der Waals surface area contributed by atoms with E-state index >= 15 is 0 Å². The van der Waals surface area contributed by atoms with Crippen molar-refractivity contribution >= 4 is 12.6 Å². The van der Waals surface area contributed by atoms with Crippen LogP contribution in [0.2, 0.25) is 0 Å². The second-order valence-corrected chi connectivity index (χ2v) is 2.54. The Labute approximate surface area is 77.3 Å². The lowest BCUT2D eigenvalue weighted by atomic mass is 10.1. The Morgan fingerprint density at radius 3 is 2.21 bits per heavy atom. The fraction of sp³-hybridized carbons (Fsp3) is 0.111. The maximum atomic E-state index is 12.9. The molecular weight excluding hydrogens is 197 g/mol. The Hall–Kier alpha value is -1.65. The van der Waals surface area contributed by atoms with Gasteiger partial charge in [-0.05, 0) is 12.1 Å². The van der Waals surface area contributed by atoms with E-state index in [4.69, 9.17) is 0 Å². The molecule has 0 spiro atoms. The predicted molar refractivity (Wildman–Crippen MR) is 42.1 cm³/mol. The predicted octanol–water partition coefficient (Wildman–Crippen LogP) is 2.39. The van der Waals surface area contributed by atoms with Gasteiger partial charge in [-0.1, -0.05) is 0 Å². The van der Waals surface area contributed by atoms with Gasteiger partial charge in [0.15, 0.2) is 12.6 Å². The third kappa shape index (κ3) is 1.81. The van der Waals surface area contributed by atoms with Crippen LogP contribution in [0.1, 0.15) is 32.7 Å². The summed E-state index contributed by atoms with van der Waals surface area (Å²) < 4.78 is 37.2. The van der Waals surface area contributed by atoms with Crippen molar-refractivity contribution in [3.8, 4) is 0 Å². The molecule has 0 amide bonds. The summed E-state index contributed by atoms with van der Waals surface area (Å²) in [5, 5.41) is 0. The van der Waals surface area contributed by atoms with Crippen molar-refractivity contribution in [3.63, 3.8) is 0 Å². The van der Waals surface area contributed by atoms with Gasteiger partial charge >= 0.3 is 0 Å². The lowest BCUT2D eigenvalue weighted by molar-refractivity contribution is 0.109. The molecule has 1 aromatic carbocycles. The van der Waals surface area contributed by atoms with E-state index in [1.54, 1.807) is 0 Å². The van der Waals surface area contributed by atoms with Crippen LogP contribution in [-0.4, -0.2) is 12.6 Å². The number of benzene rings is 1. The molecule has 0 bridgehead atoms. The summed E-state index contributed by atoms with van der Waals surface area (Å²) >= 11 is 0. The molecule has 0 aliphatic rings. The van der Waals surface area contributed by atoms with Crippen molar-refractivity contribution in [2.24, 2.45) is 0 Å². The summed E-state index contributed by atoms with van der Waals surface area (Å²) in [6.07, 6.45) is -2.59. The molecule has 74 valence electrons. The van der Waals surface area contributed by atoms with Crippen molar-refractivity contribution in [2.75, 3.05) is 0 Å². The van der Waals surface area contributed by atoms with Gasteiger partial charge in [0, 0.05) is 11.1 Å². The van der Waals surface area contributed by atoms with E-state index in [1.807, 2.05) is 0 Å². The minimum Gasteiger partial charge on any atom is -0.298 e. The summed E-state index contributed by atoms with van der Waals surface area (Å²) in [5.74, 6) is -1.11. The molecule has 1 aromatic rings. The highest BCUT2D eigenvalue weighted by Gasteiger charge is 2.14. The van der Waals surface area contributed by atoms with Crippen molar-refractivity contribution < 1.29 is 22.8 Å². The third-order valence-corrected chi connectivity index (χ3v) is 1.68. The molecule has 1 rings (SSSR count). The molecule has 14 heavy (non-hydrogen) atoms. The smallest absolute Gasteiger partial charge is 0.263 e. The van der Waals surface area contributed by atoms with Crippen molar-refractivity contribution in [1.82, 2.24) is 0 Å². The van der Waals surface area contributed by atoms with Crippen LogP contribution in [0.4, 0.5) is 13.2 Å². The number of hydrogen-bond donors (Lipinski definition) is 0. The first-order valence-electron chi connectivity index (χ1n) is 3.62.